The molecule has 10 nitrogen and oxygen atoms in total. The topological polar surface area (TPSA) is 123 Å². The zero-order valence-corrected chi connectivity index (χ0v) is 24.2. The van der Waals surface area contributed by atoms with E-state index in [2.05, 4.69) is 26.6 Å². The Hall–Kier alpha value is -4.64. The molecule has 0 atom stereocenters. The molecule has 1 heterocycles. The fourth-order valence-electron chi connectivity index (χ4n) is 4.00. The van der Waals surface area contributed by atoms with E-state index in [1.807, 2.05) is 32.0 Å². The van der Waals surface area contributed by atoms with E-state index in [0.29, 0.717) is 33.8 Å². The Morgan fingerprint density at radius 3 is 2.51 bits per heavy atom. The van der Waals surface area contributed by atoms with E-state index >= 15 is 0 Å². The van der Waals surface area contributed by atoms with Gasteiger partial charge in [0.1, 0.15) is 11.3 Å². The van der Waals surface area contributed by atoms with Gasteiger partial charge in [-0.25, -0.2) is 9.69 Å². The quantitative estimate of drug-likeness (QED) is 0.234. The Kier molecular flexibility index (Phi) is 9.41. The highest BCUT2D eigenvalue weighted by atomic mass is 79.9. The smallest absolute Gasteiger partial charge is 0.335 e. The van der Waals surface area contributed by atoms with Crippen LogP contribution in [0, 0.1) is 6.92 Å². The summed E-state index contributed by atoms with van der Waals surface area (Å²) in [6.07, 6.45) is 2.10. The van der Waals surface area contributed by atoms with Crippen LogP contribution in [0.3, 0.4) is 0 Å². The van der Waals surface area contributed by atoms with Gasteiger partial charge in [-0.05, 0) is 67.4 Å². The first-order chi connectivity index (χ1) is 19.7. The number of carbonyl (C=O) groups excluding carboxylic acids is 4. The molecule has 0 aromatic heterocycles. The summed E-state index contributed by atoms with van der Waals surface area (Å²) in [7, 11) is 1.45. The molecule has 1 aliphatic heterocycles. The Morgan fingerprint density at radius 2 is 1.78 bits per heavy atom. The van der Waals surface area contributed by atoms with E-state index in [0.717, 1.165) is 16.9 Å². The minimum atomic E-state index is -0.903. The average molecular weight is 622 g/mol. The SMILES string of the molecule is CCCOc1ccc(N2C(=O)NC(=O)/C(=C/c3cc(Br)ccc3OCC(=O)Nc3cccc(C)c3)C2=O)cc1OC. The number of amides is 5. The molecular weight excluding hydrogens is 594 g/mol. The maximum Gasteiger partial charge on any atom is 0.335 e. The van der Waals surface area contributed by atoms with Crippen LogP contribution in [0.4, 0.5) is 16.2 Å². The highest BCUT2D eigenvalue weighted by molar-refractivity contribution is 9.10. The first-order valence-electron chi connectivity index (χ1n) is 12.7. The Bertz CT molecular complexity index is 1540. The highest BCUT2D eigenvalue weighted by Crippen LogP contribution is 2.34. The van der Waals surface area contributed by atoms with Gasteiger partial charge in [0.15, 0.2) is 18.1 Å². The van der Waals surface area contributed by atoms with Crippen molar-refractivity contribution < 1.29 is 33.4 Å². The van der Waals surface area contributed by atoms with Gasteiger partial charge in [-0.15, -0.1) is 0 Å². The molecule has 212 valence electrons. The van der Waals surface area contributed by atoms with Crippen molar-refractivity contribution in [2.75, 3.05) is 30.5 Å². The summed E-state index contributed by atoms with van der Waals surface area (Å²) >= 11 is 3.38. The number of halogens is 1. The minimum absolute atomic E-state index is 0.185. The van der Waals surface area contributed by atoms with E-state index in [1.54, 1.807) is 30.3 Å². The number of nitrogens with zero attached hydrogens (tertiary/aromatic N) is 1. The number of barbiturate groups is 1. The zero-order valence-electron chi connectivity index (χ0n) is 22.7. The maximum atomic E-state index is 13.5. The number of nitrogens with one attached hydrogen (secondary N) is 2. The molecule has 1 saturated heterocycles. The second-order valence-electron chi connectivity index (χ2n) is 9.03. The largest absolute Gasteiger partial charge is 0.493 e. The van der Waals surface area contributed by atoms with Gasteiger partial charge < -0.3 is 19.5 Å². The van der Waals surface area contributed by atoms with E-state index in [-0.39, 0.29) is 29.5 Å². The number of ether oxygens (including phenoxy) is 3. The summed E-state index contributed by atoms with van der Waals surface area (Å²) < 4.78 is 17.4. The van der Waals surface area contributed by atoms with Crippen molar-refractivity contribution in [3.63, 3.8) is 0 Å². The molecule has 1 aliphatic rings. The van der Waals surface area contributed by atoms with Gasteiger partial charge in [-0.2, -0.15) is 0 Å². The minimum Gasteiger partial charge on any atom is -0.493 e. The second-order valence-corrected chi connectivity index (χ2v) is 9.95. The molecule has 0 unspecified atom stereocenters. The van der Waals surface area contributed by atoms with E-state index < -0.39 is 17.8 Å². The fraction of sp³-hybridized carbons (Fsp3) is 0.200. The number of imide groups is 2. The molecule has 41 heavy (non-hydrogen) atoms. The summed E-state index contributed by atoms with van der Waals surface area (Å²) in [5.41, 5.74) is 1.85. The van der Waals surface area contributed by atoms with Crippen LogP contribution in [0.1, 0.15) is 24.5 Å². The van der Waals surface area contributed by atoms with Crippen LogP contribution in [0.5, 0.6) is 17.2 Å². The lowest BCUT2D eigenvalue weighted by Gasteiger charge is -2.27. The molecule has 11 heteroatoms. The summed E-state index contributed by atoms with van der Waals surface area (Å²) in [5.74, 6) is -1.06. The summed E-state index contributed by atoms with van der Waals surface area (Å²) in [6.45, 7) is 4.02. The zero-order chi connectivity index (χ0) is 29.5. The van der Waals surface area contributed by atoms with Crippen LogP contribution in [0.25, 0.3) is 6.08 Å². The number of aryl methyl sites for hydroxylation is 1. The molecule has 0 spiro atoms. The first-order valence-corrected chi connectivity index (χ1v) is 13.5. The summed E-state index contributed by atoms with van der Waals surface area (Å²) in [4.78, 5) is 52.3. The monoisotopic (exact) mass is 621 g/mol. The van der Waals surface area contributed by atoms with Gasteiger partial charge in [0.05, 0.1) is 19.4 Å². The molecule has 5 amide bonds. The van der Waals surface area contributed by atoms with Crippen LogP contribution in [0.2, 0.25) is 0 Å². The summed E-state index contributed by atoms with van der Waals surface area (Å²) in [6, 6.07) is 16.0. The lowest BCUT2D eigenvalue weighted by atomic mass is 10.1. The van der Waals surface area contributed by atoms with Gasteiger partial charge in [-0.3, -0.25) is 19.7 Å². The number of anilines is 2. The van der Waals surface area contributed by atoms with Gasteiger partial charge in [0, 0.05) is 21.8 Å². The molecule has 3 aromatic carbocycles. The first kappa shape index (κ1) is 29.3. The molecule has 0 bridgehead atoms. The van der Waals surface area contributed by atoms with Gasteiger partial charge in [-0.1, -0.05) is 35.0 Å². The Balaban J connectivity index is 1.59. The Morgan fingerprint density at radius 1 is 1.00 bits per heavy atom. The predicted octanol–water partition coefficient (Wildman–Crippen LogP) is 5.24. The van der Waals surface area contributed by atoms with Crippen molar-refractivity contribution in [3.05, 3.63) is 81.8 Å². The van der Waals surface area contributed by atoms with Crippen molar-refractivity contribution in [3.8, 4) is 17.2 Å². The number of hydrogen-bond acceptors (Lipinski definition) is 7. The number of hydrogen-bond donors (Lipinski definition) is 2. The standard InChI is InChI=1S/C30H28BrN3O7/c1-4-12-40-25-11-9-22(16-26(25)39-3)34-29(37)23(28(36)33-30(34)38)15-19-14-20(31)8-10-24(19)41-17-27(35)32-21-7-5-6-18(2)13-21/h5-11,13-16H,4,12,17H2,1-3H3,(H,32,35)(H,33,36,38)/b23-15-. The van der Waals surface area contributed by atoms with Gasteiger partial charge in [0.2, 0.25) is 0 Å². The van der Waals surface area contributed by atoms with Crippen LogP contribution < -0.4 is 29.7 Å². The van der Waals surface area contributed by atoms with E-state index in [1.165, 1.54) is 25.3 Å². The van der Waals surface area contributed by atoms with E-state index in [4.69, 9.17) is 14.2 Å². The number of methoxy groups -OCH3 is 1. The number of rotatable bonds is 10. The van der Waals surface area contributed by atoms with E-state index in [9.17, 15) is 19.2 Å². The van der Waals surface area contributed by atoms with Crippen LogP contribution in [-0.4, -0.2) is 44.1 Å². The highest BCUT2D eigenvalue weighted by Gasteiger charge is 2.37. The van der Waals surface area contributed by atoms with Crippen molar-refractivity contribution in [1.29, 1.82) is 0 Å². The number of urea groups is 1. The third-order valence-electron chi connectivity index (χ3n) is 5.90. The molecule has 0 aliphatic carbocycles. The van der Waals surface area contributed by atoms with Crippen molar-refractivity contribution in [1.82, 2.24) is 5.32 Å². The maximum absolute atomic E-state index is 13.5. The number of benzene rings is 3. The molecule has 4 rings (SSSR count). The van der Waals surface area contributed by atoms with Gasteiger partial charge >= 0.3 is 6.03 Å². The molecule has 1 fully saturated rings. The normalized spacial score (nSPS) is 14.1. The second kappa shape index (κ2) is 13.1. The molecule has 3 aromatic rings. The molecule has 2 N–H and O–H groups in total. The van der Waals surface area contributed by atoms with Crippen LogP contribution in [-0.2, 0) is 14.4 Å². The molecular formula is C30H28BrN3O7. The molecule has 0 radical (unpaired) electrons. The van der Waals surface area contributed by atoms with Gasteiger partial charge in [0.25, 0.3) is 17.7 Å². The lowest BCUT2D eigenvalue weighted by Crippen LogP contribution is -2.54. The molecule has 0 saturated carbocycles. The average Bonchev–Trinajstić information content (AvgIpc) is 2.93. The third-order valence-corrected chi connectivity index (χ3v) is 6.39. The van der Waals surface area contributed by atoms with Crippen molar-refractivity contribution in [2.24, 2.45) is 0 Å². The van der Waals surface area contributed by atoms with Crippen molar-refractivity contribution >= 4 is 57.1 Å². The van der Waals surface area contributed by atoms with Crippen LogP contribution >= 0.6 is 15.9 Å². The summed E-state index contributed by atoms with van der Waals surface area (Å²) in [5, 5.41) is 4.96. The predicted molar refractivity (Wildman–Crippen MR) is 157 cm³/mol. The Labute approximate surface area is 245 Å². The number of carbonyl (C=O) groups is 4. The lowest BCUT2D eigenvalue weighted by molar-refractivity contribution is -0.122. The fourth-order valence-corrected chi connectivity index (χ4v) is 4.38. The van der Waals surface area contributed by atoms with Crippen molar-refractivity contribution in [2.45, 2.75) is 20.3 Å². The van der Waals surface area contributed by atoms with Crippen LogP contribution in [0.15, 0.2) is 70.7 Å². The third kappa shape index (κ3) is 7.12.